The molecule has 4 heteroatoms. The highest BCUT2D eigenvalue weighted by Crippen LogP contribution is 2.33. The molecule has 0 aliphatic rings. The fourth-order valence-corrected chi connectivity index (χ4v) is 1.72. The van der Waals surface area contributed by atoms with Crippen LogP contribution in [0.3, 0.4) is 0 Å². The Hall–Kier alpha value is -1.97. The fourth-order valence-electron chi connectivity index (χ4n) is 1.72. The maximum Gasteiger partial charge on any atom is 0.374 e. The summed E-state index contributed by atoms with van der Waals surface area (Å²) in [4.78, 5) is 11.4. The number of carbonyl (C=O) groups is 1. The summed E-state index contributed by atoms with van der Waals surface area (Å²) in [6.45, 7) is 1.81. The second kappa shape index (κ2) is 3.89. The van der Waals surface area contributed by atoms with Crippen LogP contribution in [0.25, 0.3) is 11.0 Å². The van der Waals surface area contributed by atoms with Crippen molar-refractivity contribution in [3.8, 4) is 5.75 Å². The Morgan fingerprint density at radius 2 is 2.06 bits per heavy atom. The molecule has 0 spiro atoms. The molecule has 0 N–H and O–H groups in total. The van der Waals surface area contributed by atoms with E-state index in [1.54, 1.807) is 20.1 Å². The Morgan fingerprint density at radius 3 is 2.69 bits per heavy atom. The maximum absolute atomic E-state index is 11.4. The summed E-state index contributed by atoms with van der Waals surface area (Å²) in [5.41, 5.74) is 1.36. The smallest absolute Gasteiger partial charge is 0.374 e. The minimum absolute atomic E-state index is 0.224. The third-order valence-electron chi connectivity index (χ3n) is 2.51. The molecule has 84 valence electrons. The molecule has 0 fully saturated rings. The molecule has 0 saturated carbocycles. The average molecular weight is 220 g/mol. The van der Waals surface area contributed by atoms with Crippen LogP contribution in [0.2, 0.25) is 0 Å². The van der Waals surface area contributed by atoms with Crippen LogP contribution in [-0.4, -0.2) is 20.2 Å². The Balaban J connectivity index is 2.73. The Morgan fingerprint density at radius 1 is 1.31 bits per heavy atom. The summed E-state index contributed by atoms with van der Waals surface area (Å²) in [6.07, 6.45) is 0. The first kappa shape index (κ1) is 10.5. The van der Waals surface area contributed by atoms with Crippen LogP contribution in [-0.2, 0) is 4.74 Å². The van der Waals surface area contributed by atoms with Crippen LogP contribution in [0.4, 0.5) is 0 Å². The number of hydrogen-bond acceptors (Lipinski definition) is 4. The minimum atomic E-state index is -0.476. The normalized spacial score (nSPS) is 10.4. The van der Waals surface area contributed by atoms with E-state index in [4.69, 9.17) is 9.15 Å². The molecule has 0 amide bonds. The minimum Gasteiger partial charge on any atom is -0.496 e. The molecular formula is C12H12O4. The van der Waals surface area contributed by atoms with Crippen LogP contribution in [0, 0.1) is 6.92 Å². The Labute approximate surface area is 92.8 Å². The van der Waals surface area contributed by atoms with Crippen molar-refractivity contribution in [1.82, 2.24) is 0 Å². The van der Waals surface area contributed by atoms with Crippen LogP contribution in [0.1, 0.15) is 16.1 Å². The molecule has 4 nitrogen and oxygen atoms in total. The van der Waals surface area contributed by atoms with Gasteiger partial charge in [-0.2, -0.15) is 0 Å². The number of fused-ring (bicyclic) bond motifs is 1. The number of aryl methyl sites for hydroxylation is 1. The quantitative estimate of drug-likeness (QED) is 0.730. The predicted octanol–water partition coefficient (Wildman–Crippen LogP) is 2.54. The second-order valence-electron chi connectivity index (χ2n) is 3.38. The summed E-state index contributed by atoms with van der Waals surface area (Å²) in [5.74, 6) is 0.437. The van der Waals surface area contributed by atoms with Gasteiger partial charge in [0.1, 0.15) is 11.3 Å². The first-order valence-electron chi connectivity index (χ1n) is 4.83. The lowest BCUT2D eigenvalue weighted by molar-refractivity contribution is 0.0566. The number of carbonyl (C=O) groups excluding carboxylic acids is 1. The van der Waals surface area contributed by atoms with Gasteiger partial charge in [0.2, 0.25) is 5.76 Å². The first-order valence-corrected chi connectivity index (χ1v) is 4.83. The summed E-state index contributed by atoms with van der Waals surface area (Å²) in [5, 5.41) is 0.811. The zero-order valence-electron chi connectivity index (χ0n) is 9.37. The van der Waals surface area contributed by atoms with Gasteiger partial charge < -0.3 is 13.9 Å². The highest BCUT2D eigenvalue weighted by molar-refractivity contribution is 5.98. The molecule has 2 aromatic rings. The van der Waals surface area contributed by atoms with Gasteiger partial charge in [-0.3, -0.25) is 0 Å². The van der Waals surface area contributed by atoms with Crippen molar-refractivity contribution in [3.05, 3.63) is 29.5 Å². The third kappa shape index (κ3) is 1.43. The number of hydrogen-bond donors (Lipinski definition) is 0. The van der Waals surface area contributed by atoms with E-state index < -0.39 is 5.97 Å². The number of rotatable bonds is 2. The van der Waals surface area contributed by atoms with Gasteiger partial charge in [0, 0.05) is 5.56 Å². The fraction of sp³-hybridized carbons (Fsp3) is 0.250. The number of furan rings is 1. The van der Waals surface area contributed by atoms with E-state index in [2.05, 4.69) is 4.74 Å². The molecule has 1 heterocycles. The van der Waals surface area contributed by atoms with E-state index in [1.165, 1.54) is 7.11 Å². The van der Waals surface area contributed by atoms with Crippen molar-refractivity contribution in [3.63, 3.8) is 0 Å². The highest BCUT2D eigenvalue weighted by atomic mass is 16.5. The van der Waals surface area contributed by atoms with Gasteiger partial charge in [-0.25, -0.2) is 4.79 Å². The lowest BCUT2D eigenvalue weighted by atomic mass is 10.1. The van der Waals surface area contributed by atoms with Gasteiger partial charge >= 0.3 is 5.97 Å². The number of benzene rings is 1. The summed E-state index contributed by atoms with van der Waals surface area (Å²) in [6, 6.07) is 5.42. The zero-order chi connectivity index (χ0) is 11.7. The van der Waals surface area contributed by atoms with Crippen molar-refractivity contribution < 1.29 is 18.7 Å². The average Bonchev–Trinajstić information content (AvgIpc) is 2.66. The third-order valence-corrected chi connectivity index (χ3v) is 2.51. The van der Waals surface area contributed by atoms with Crippen LogP contribution >= 0.6 is 0 Å². The van der Waals surface area contributed by atoms with Gasteiger partial charge in [0.25, 0.3) is 0 Å². The largest absolute Gasteiger partial charge is 0.496 e. The first-order chi connectivity index (χ1) is 7.69. The molecule has 1 aromatic heterocycles. The Bertz CT molecular complexity index is 539. The Kier molecular flexibility index (Phi) is 2.56. The molecule has 0 aliphatic carbocycles. The lowest BCUT2D eigenvalue weighted by Gasteiger charge is -2.00. The van der Waals surface area contributed by atoms with Crippen LogP contribution in [0.15, 0.2) is 22.6 Å². The molecule has 0 atom stereocenters. The van der Waals surface area contributed by atoms with E-state index in [0.717, 1.165) is 10.9 Å². The molecule has 0 bridgehead atoms. The summed E-state index contributed by atoms with van der Waals surface area (Å²) < 4.78 is 15.3. The van der Waals surface area contributed by atoms with Crippen LogP contribution in [0.5, 0.6) is 5.75 Å². The van der Waals surface area contributed by atoms with E-state index in [9.17, 15) is 4.79 Å². The molecule has 0 unspecified atom stereocenters. The van der Waals surface area contributed by atoms with Crippen LogP contribution < -0.4 is 4.74 Å². The molecule has 0 aliphatic heterocycles. The standard InChI is InChI=1S/C12H12O4/c1-7-10-8(14-2)5-4-6-9(10)16-11(7)12(13)15-3/h4-6H,1-3H3. The second-order valence-corrected chi connectivity index (χ2v) is 3.38. The predicted molar refractivity (Wildman–Crippen MR) is 58.8 cm³/mol. The monoisotopic (exact) mass is 220 g/mol. The number of esters is 1. The van der Waals surface area contributed by atoms with Gasteiger partial charge in [-0.15, -0.1) is 0 Å². The highest BCUT2D eigenvalue weighted by Gasteiger charge is 2.20. The van der Waals surface area contributed by atoms with E-state index in [1.807, 2.05) is 12.1 Å². The van der Waals surface area contributed by atoms with Gasteiger partial charge in [-0.05, 0) is 19.1 Å². The van der Waals surface area contributed by atoms with Crippen molar-refractivity contribution in [2.24, 2.45) is 0 Å². The van der Waals surface area contributed by atoms with Crippen molar-refractivity contribution in [1.29, 1.82) is 0 Å². The molecule has 2 rings (SSSR count). The molecule has 0 radical (unpaired) electrons. The number of ether oxygens (including phenoxy) is 2. The SMILES string of the molecule is COC(=O)c1oc2cccc(OC)c2c1C. The van der Waals surface area contributed by atoms with E-state index in [0.29, 0.717) is 11.3 Å². The summed E-state index contributed by atoms with van der Waals surface area (Å²) in [7, 11) is 2.91. The van der Waals surface area contributed by atoms with Gasteiger partial charge in [-0.1, -0.05) is 6.07 Å². The molecule has 16 heavy (non-hydrogen) atoms. The van der Waals surface area contributed by atoms with Gasteiger partial charge in [0.05, 0.1) is 19.6 Å². The van der Waals surface area contributed by atoms with Crippen molar-refractivity contribution in [2.75, 3.05) is 14.2 Å². The topological polar surface area (TPSA) is 48.7 Å². The molecular weight excluding hydrogens is 208 g/mol. The molecule has 1 aromatic carbocycles. The van der Waals surface area contributed by atoms with Gasteiger partial charge in [0.15, 0.2) is 0 Å². The zero-order valence-corrected chi connectivity index (χ0v) is 9.37. The lowest BCUT2D eigenvalue weighted by Crippen LogP contribution is -2.00. The van der Waals surface area contributed by atoms with E-state index in [-0.39, 0.29) is 5.76 Å². The number of methoxy groups -OCH3 is 2. The van der Waals surface area contributed by atoms with Crippen molar-refractivity contribution in [2.45, 2.75) is 6.92 Å². The maximum atomic E-state index is 11.4. The summed E-state index contributed by atoms with van der Waals surface area (Å²) >= 11 is 0. The van der Waals surface area contributed by atoms with E-state index >= 15 is 0 Å². The molecule has 0 saturated heterocycles. The van der Waals surface area contributed by atoms with Crippen molar-refractivity contribution >= 4 is 16.9 Å².